The predicted octanol–water partition coefficient (Wildman–Crippen LogP) is -7.44. The molecular formula is C18H32Mn3N2O18S2. The molecule has 0 aliphatic heterocycles. The second kappa shape index (κ2) is 27.3. The Labute approximate surface area is 280 Å². The van der Waals surface area contributed by atoms with Gasteiger partial charge in [0.15, 0.2) is 0 Å². The summed E-state index contributed by atoms with van der Waals surface area (Å²) in [6, 6.07) is 0. The second-order valence-corrected chi connectivity index (χ2v) is 10.4. The molecule has 0 heterocycles. The topological polar surface area (TPSA) is 380 Å². The normalized spacial score (nSPS) is 12.0. The van der Waals surface area contributed by atoms with Crippen molar-refractivity contribution in [2.45, 2.75) is 52.7 Å². The van der Waals surface area contributed by atoms with Gasteiger partial charge in [-0.15, -0.1) is 0 Å². The minimum atomic E-state index is -5.17. The molecule has 0 aromatic rings. The molecule has 0 bridgehead atoms. The van der Waals surface area contributed by atoms with Crippen molar-refractivity contribution in [1.29, 1.82) is 0 Å². The fraction of sp³-hybridized carbons (Fsp3) is 0.778. The van der Waals surface area contributed by atoms with Gasteiger partial charge in [-0.2, -0.15) is 0 Å². The van der Waals surface area contributed by atoms with Gasteiger partial charge in [0, 0.05) is 69.5 Å². The molecule has 0 saturated carbocycles. The smallest absolute Gasteiger partial charge is 0.759 e. The van der Waals surface area contributed by atoms with Gasteiger partial charge in [0.25, 0.3) is 0 Å². The summed E-state index contributed by atoms with van der Waals surface area (Å²) in [5, 5.41) is 61.3. The van der Waals surface area contributed by atoms with Crippen molar-refractivity contribution in [2.24, 2.45) is 10.8 Å². The molecule has 6 N–H and O–H groups in total. The Morgan fingerprint density at radius 3 is 0.953 bits per heavy atom. The maximum Gasteiger partial charge on any atom is 2.00 e. The minimum Gasteiger partial charge on any atom is -0.759 e. The van der Waals surface area contributed by atoms with Gasteiger partial charge in [0.05, 0.1) is 13.2 Å². The maximum atomic E-state index is 11.2. The molecule has 0 aliphatic rings. The molecule has 2 atom stereocenters. The van der Waals surface area contributed by atoms with E-state index < -0.39 is 67.6 Å². The van der Waals surface area contributed by atoms with E-state index in [1.807, 2.05) is 0 Å². The van der Waals surface area contributed by atoms with Crippen molar-refractivity contribution in [3.8, 4) is 0 Å². The Balaban J connectivity index is -0.0000000872. The van der Waals surface area contributed by atoms with Crippen molar-refractivity contribution in [1.82, 2.24) is 10.6 Å². The van der Waals surface area contributed by atoms with E-state index in [1.54, 1.807) is 0 Å². The number of hydrogen-bond acceptors (Lipinski definition) is 18. The van der Waals surface area contributed by atoms with Crippen LogP contribution in [0, 0.1) is 10.8 Å². The number of aliphatic hydroxyl groups is 4. The first-order valence-electron chi connectivity index (χ1n) is 10.5. The number of carboxylic acid groups (broad SMARTS) is 2. The van der Waals surface area contributed by atoms with Crippen LogP contribution in [-0.2, 0) is 91.2 Å². The molecule has 0 aromatic carbocycles. The molecule has 0 spiro atoms. The molecular weight excluding hydrogens is 761 g/mol. The average Bonchev–Trinajstić information content (AvgIpc) is 2.75. The van der Waals surface area contributed by atoms with Gasteiger partial charge >= 0.3 is 51.2 Å². The van der Waals surface area contributed by atoms with E-state index in [4.69, 9.17) is 45.3 Å². The van der Waals surface area contributed by atoms with Gasteiger partial charge in [-0.3, -0.25) is 26.4 Å². The van der Waals surface area contributed by atoms with Crippen LogP contribution in [0.3, 0.4) is 0 Å². The molecule has 3 radical (unpaired) electrons. The first kappa shape index (κ1) is 57.7. The molecule has 2 amide bonds. The van der Waals surface area contributed by atoms with Crippen LogP contribution in [0.5, 0.6) is 0 Å². The number of carbonyl (C=O) groups is 4. The van der Waals surface area contributed by atoms with Gasteiger partial charge < -0.3 is 69.1 Å². The summed E-state index contributed by atoms with van der Waals surface area (Å²) in [5.41, 5.74) is -1.91. The quantitative estimate of drug-likeness (QED) is 0.0607. The van der Waals surface area contributed by atoms with Crippen LogP contribution in [0.15, 0.2) is 0 Å². The summed E-state index contributed by atoms with van der Waals surface area (Å²) in [7, 11) is -10.3. The zero-order valence-corrected chi connectivity index (χ0v) is 28.0. The number of carbonyl (C=O) groups excluding carboxylic acids is 4. The number of hydrogen-bond donors (Lipinski definition) is 6. The van der Waals surface area contributed by atoms with E-state index in [9.17, 15) is 39.6 Å². The fourth-order valence-electron chi connectivity index (χ4n) is 1.65. The van der Waals surface area contributed by atoms with Crippen LogP contribution in [0.2, 0.25) is 0 Å². The summed E-state index contributed by atoms with van der Waals surface area (Å²) in [6.07, 6.45) is -3.36. The third-order valence-corrected chi connectivity index (χ3v) is 4.05. The van der Waals surface area contributed by atoms with E-state index in [0.29, 0.717) is 0 Å². The molecule has 0 aromatic heterocycles. The van der Waals surface area contributed by atoms with Gasteiger partial charge in [0.1, 0.15) is 12.2 Å². The molecule has 0 rings (SSSR count). The van der Waals surface area contributed by atoms with Crippen molar-refractivity contribution in [3.05, 3.63) is 0 Å². The zero-order chi connectivity index (χ0) is 33.1. The molecule has 0 saturated heterocycles. The number of aliphatic carboxylic acids is 2. The molecule has 0 aliphatic carbocycles. The first-order chi connectivity index (χ1) is 17.6. The van der Waals surface area contributed by atoms with E-state index >= 15 is 0 Å². The number of rotatable bonds is 12. The Kier molecular flexibility index (Phi) is 36.7. The number of nitrogens with one attached hydrogen (secondary N) is 2. The van der Waals surface area contributed by atoms with Crippen molar-refractivity contribution >= 4 is 44.6 Å². The molecule has 20 nitrogen and oxygen atoms in total. The number of carboxylic acids is 2. The van der Waals surface area contributed by atoms with E-state index in [-0.39, 0.29) is 90.4 Å². The summed E-state index contributed by atoms with van der Waals surface area (Å²) >= 11 is 0. The Morgan fingerprint density at radius 1 is 0.628 bits per heavy atom. The fourth-order valence-corrected chi connectivity index (χ4v) is 1.65. The second-order valence-electron chi connectivity index (χ2n) is 8.74. The van der Waals surface area contributed by atoms with E-state index in [2.05, 4.69) is 10.6 Å². The van der Waals surface area contributed by atoms with Crippen molar-refractivity contribution in [3.63, 3.8) is 0 Å². The number of amides is 2. The van der Waals surface area contributed by atoms with E-state index in [0.717, 1.165) is 0 Å². The summed E-state index contributed by atoms with van der Waals surface area (Å²) in [5.74, 6) is -3.94. The van der Waals surface area contributed by atoms with Crippen LogP contribution < -0.4 is 20.8 Å². The molecule has 0 fully saturated rings. The zero-order valence-electron chi connectivity index (χ0n) is 22.9. The molecule has 255 valence electrons. The summed E-state index contributed by atoms with van der Waals surface area (Å²) in [6.45, 7) is 5.21. The van der Waals surface area contributed by atoms with Crippen LogP contribution in [-0.4, -0.2) is 118 Å². The monoisotopic (exact) mass is 793 g/mol. The number of aliphatic hydroxyl groups excluding tert-OH is 4. The third kappa shape index (κ3) is 45.6. The molecule has 2 unspecified atom stereocenters. The van der Waals surface area contributed by atoms with Crippen LogP contribution >= 0.6 is 0 Å². The van der Waals surface area contributed by atoms with Crippen molar-refractivity contribution < 1.29 is 136 Å². The minimum absolute atomic E-state index is 0. The largest absolute Gasteiger partial charge is 2.00 e. The standard InChI is InChI=1S/2C9H17NO5.3Mn.2H2O4S/c2*1-9(2,5-11)7(14)8(15)10-4-3-6(12)13;;;;2*1-5(2,3)4/h2*7,11,14H,3-5H2,1-2H3,(H,10,15)(H,12,13);;;;2*(H2,1,2,3,4)/q;;3*+2;;/p-6. The summed E-state index contributed by atoms with van der Waals surface area (Å²) in [4.78, 5) is 42.6. The summed E-state index contributed by atoms with van der Waals surface area (Å²) < 4.78 is 68.2. The van der Waals surface area contributed by atoms with Crippen LogP contribution in [0.4, 0.5) is 0 Å². The Morgan fingerprint density at radius 2 is 0.814 bits per heavy atom. The molecule has 43 heavy (non-hydrogen) atoms. The first-order valence-corrected chi connectivity index (χ1v) is 13.1. The van der Waals surface area contributed by atoms with Gasteiger partial charge in [-0.05, 0) is 0 Å². The third-order valence-electron chi connectivity index (χ3n) is 4.05. The van der Waals surface area contributed by atoms with Crippen molar-refractivity contribution in [2.75, 3.05) is 26.3 Å². The van der Waals surface area contributed by atoms with Gasteiger partial charge in [-0.1, -0.05) is 27.7 Å². The van der Waals surface area contributed by atoms with Gasteiger partial charge in [0.2, 0.25) is 11.8 Å². The van der Waals surface area contributed by atoms with Crippen LogP contribution in [0.25, 0.3) is 0 Å². The molecule has 25 heteroatoms. The van der Waals surface area contributed by atoms with Gasteiger partial charge in [-0.25, -0.2) is 0 Å². The average molecular weight is 793 g/mol. The SMILES string of the molecule is CC(C)(CO)C(O)C(=O)NCCC(=O)[O-].CC(C)(CO)C(O)C(=O)NCCC(=O)[O-].O=S(=O)([O-])[O-].O=S(=O)([O-])[O-].[Mn+2].[Mn+2].[Mn+2]. The maximum absolute atomic E-state index is 11.2. The Hall–Kier alpha value is -0.982. The Bertz CT molecular complexity index is 914. The van der Waals surface area contributed by atoms with E-state index in [1.165, 1.54) is 27.7 Å². The predicted molar refractivity (Wildman–Crippen MR) is 120 cm³/mol. The van der Waals surface area contributed by atoms with Crippen LogP contribution in [0.1, 0.15) is 40.5 Å².